The highest BCUT2D eigenvalue weighted by Crippen LogP contribution is 2.27. The molecular weight excluding hydrogens is 194 g/mol. The quantitative estimate of drug-likeness (QED) is 0.337. The van der Waals surface area contributed by atoms with Crippen LogP contribution >= 0.6 is 11.6 Å². The van der Waals surface area contributed by atoms with Crippen molar-refractivity contribution in [2.75, 3.05) is 5.43 Å². The van der Waals surface area contributed by atoms with Gasteiger partial charge in [0.1, 0.15) is 5.69 Å². The Morgan fingerprint density at radius 1 is 1.62 bits per heavy atom. The molecule has 70 valence electrons. The van der Waals surface area contributed by atoms with Crippen molar-refractivity contribution in [2.45, 2.75) is 5.88 Å². The summed E-state index contributed by atoms with van der Waals surface area (Å²) < 4.78 is 0. The Morgan fingerprint density at radius 2 is 2.31 bits per heavy atom. The number of hydrogen-bond acceptors (Lipinski definition) is 4. The second-order valence-electron chi connectivity index (χ2n) is 2.35. The van der Waals surface area contributed by atoms with Crippen molar-refractivity contribution in [3.63, 3.8) is 0 Å². The van der Waals surface area contributed by atoms with E-state index in [1.54, 1.807) is 12.1 Å². The third kappa shape index (κ3) is 1.88. The van der Waals surface area contributed by atoms with Crippen LogP contribution < -0.4 is 11.3 Å². The molecule has 1 rings (SSSR count). The maximum atomic E-state index is 10.5. The van der Waals surface area contributed by atoms with Gasteiger partial charge in [-0.2, -0.15) is 0 Å². The number of anilines is 1. The first-order valence-corrected chi connectivity index (χ1v) is 4.03. The Balaban J connectivity index is 3.27. The molecule has 0 aliphatic carbocycles. The van der Waals surface area contributed by atoms with Gasteiger partial charge >= 0.3 is 0 Å². The molecule has 0 saturated carbocycles. The van der Waals surface area contributed by atoms with E-state index in [2.05, 4.69) is 5.43 Å². The van der Waals surface area contributed by atoms with Gasteiger partial charge in [0.25, 0.3) is 5.69 Å². The molecule has 13 heavy (non-hydrogen) atoms. The van der Waals surface area contributed by atoms with E-state index in [1.807, 2.05) is 0 Å². The molecule has 0 saturated heterocycles. The number of alkyl halides is 1. The van der Waals surface area contributed by atoms with Gasteiger partial charge in [-0.05, 0) is 5.56 Å². The average Bonchev–Trinajstić information content (AvgIpc) is 2.16. The molecule has 5 nitrogen and oxygen atoms in total. The molecule has 0 aromatic heterocycles. The summed E-state index contributed by atoms with van der Waals surface area (Å²) in [6.07, 6.45) is 0. The summed E-state index contributed by atoms with van der Waals surface area (Å²) in [5, 5.41) is 10.5. The summed E-state index contributed by atoms with van der Waals surface area (Å²) in [4.78, 5) is 10.0. The minimum absolute atomic E-state index is 0.0688. The predicted octanol–water partition coefficient (Wildman–Crippen LogP) is 1.62. The minimum Gasteiger partial charge on any atom is -0.318 e. The Bertz CT molecular complexity index is 330. The monoisotopic (exact) mass is 201 g/mol. The Hall–Kier alpha value is -1.33. The molecule has 6 heteroatoms. The zero-order valence-corrected chi connectivity index (χ0v) is 7.41. The molecule has 1 aromatic rings. The number of para-hydroxylation sites is 1. The number of nitrogens with one attached hydrogen (secondary N) is 1. The lowest BCUT2D eigenvalue weighted by molar-refractivity contribution is -0.384. The van der Waals surface area contributed by atoms with E-state index in [0.29, 0.717) is 5.56 Å². The third-order valence-electron chi connectivity index (χ3n) is 1.61. The number of nitro groups is 1. The topological polar surface area (TPSA) is 81.2 Å². The van der Waals surface area contributed by atoms with Gasteiger partial charge in [-0.25, -0.2) is 0 Å². The first-order valence-electron chi connectivity index (χ1n) is 3.49. The Morgan fingerprint density at radius 3 is 2.77 bits per heavy atom. The van der Waals surface area contributed by atoms with E-state index in [9.17, 15) is 10.1 Å². The highest BCUT2D eigenvalue weighted by atomic mass is 35.5. The van der Waals surface area contributed by atoms with Crippen molar-refractivity contribution < 1.29 is 4.92 Å². The molecule has 0 amide bonds. The molecule has 3 N–H and O–H groups in total. The van der Waals surface area contributed by atoms with Crippen molar-refractivity contribution >= 4 is 23.0 Å². The summed E-state index contributed by atoms with van der Waals surface area (Å²) in [7, 11) is 0. The van der Waals surface area contributed by atoms with Crippen LogP contribution in [0.1, 0.15) is 5.56 Å². The maximum absolute atomic E-state index is 10.5. The summed E-state index contributed by atoms with van der Waals surface area (Å²) in [6.45, 7) is 0. The van der Waals surface area contributed by atoms with Gasteiger partial charge in [0.2, 0.25) is 0 Å². The number of rotatable bonds is 3. The highest BCUT2D eigenvalue weighted by molar-refractivity contribution is 6.17. The Labute approximate surface area is 79.6 Å². The lowest BCUT2D eigenvalue weighted by Crippen LogP contribution is -2.11. The summed E-state index contributed by atoms with van der Waals surface area (Å²) in [5.74, 6) is 5.33. The van der Waals surface area contributed by atoms with Crippen LogP contribution in [0.3, 0.4) is 0 Å². The molecule has 1 aromatic carbocycles. The fraction of sp³-hybridized carbons (Fsp3) is 0.143. The molecule has 0 fully saturated rings. The molecule has 0 unspecified atom stereocenters. The van der Waals surface area contributed by atoms with Gasteiger partial charge in [-0.1, -0.05) is 12.1 Å². The lowest BCUT2D eigenvalue weighted by atomic mass is 10.2. The smallest absolute Gasteiger partial charge is 0.293 e. The lowest BCUT2D eigenvalue weighted by Gasteiger charge is -2.05. The van der Waals surface area contributed by atoms with Gasteiger partial charge in [-0.3, -0.25) is 16.0 Å². The van der Waals surface area contributed by atoms with E-state index in [-0.39, 0.29) is 17.3 Å². The number of nitrogen functional groups attached to an aromatic ring is 1. The number of hydrogen-bond donors (Lipinski definition) is 2. The molecule has 0 heterocycles. The van der Waals surface area contributed by atoms with Crippen LogP contribution in [0, 0.1) is 10.1 Å². The van der Waals surface area contributed by atoms with Crippen LogP contribution in [0.25, 0.3) is 0 Å². The predicted molar refractivity (Wildman–Crippen MR) is 50.5 cm³/mol. The number of halogens is 1. The van der Waals surface area contributed by atoms with Crippen LogP contribution in [0.15, 0.2) is 18.2 Å². The fourth-order valence-electron chi connectivity index (χ4n) is 1.02. The van der Waals surface area contributed by atoms with E-state index >= 15 is 0 Å². The normalized spacial score (nSPS) is 9.69. The third-order valence-corrected chi connectivity index (χ3v) is 1.90. The molecule has 0 radical (unpaired) electrons. The van der Waals surface area contributed by atoms with Crippen molar-refractivity contribution in [1.82, 2.24) is 0 Å². The standard InChI is InChI=1S/C7H8ClN3O2/c8-4-5-2-1-3-6(11(12)13)7(5)10-9/h1-3,10H,4,9H2. The number of nitrogens with zero attached hydrogens (tertiary/aromatic N) is 1. The molecule has 0 atom stereocenters. The van der Waals surface area contributed by atoms with Gasteiger partial charge in [-0.15, -0.1) is 11.6 Å². The maximum Gasteiger partial charge on any atom is 0.293 e. The first kappa shape index (κ1) is 9.76. The molecule has 0 aliphatic rings. The summed E-state index contributed by atoms with van der Waals surface area (Å²) in [5.41, 5.74) is 3.08. The van der Waals surface area contributed by atoms with Gasteiger partial charge in [0.15, 0.2) is 0 Å². The minimum atomic E-state index is -0.509. The van der Waals surface area contributed by atoms with Crippen molar-refractivity contribution in [1.29, 1.82) is 0 Å². The largest absolute Gasteiger partial charge is 0.318 e. The van der Waals surface area contributed by atoms with Crippen molar-refractivity contribution in [2.24, 2.45) is 5.84 Å². The van der Waals surface area contributed by atoms with E-state index in [1.165, 1.54) is 6.07 Å². The zero-order chi connectivity index (χ0) is 9.84. The number of nitrogens with two attached hydrogens (primary N) is 1. The second kappa shape index (κ2) is 4.06. The fourth-order valence-corrected chi connectivity index (χ4v) is 1.24. The van der Waals surface area contributed by atoms with Gasteiger partial charge < -0.3 is 5.43 Å². The van der Waals surface area contributed by atoms with Gasteiger partial charge in [0, 0.05) is 11.9 Å². The number of hydrazine groups is 1. The summed E-state index contributed by atoms with van der Waals surface area (Å²) >= 11 is 5.57. The molecule has 0 spiro atoms. The summed E-state index contributed by atoms with van der Waals surface area (Å²) in [6, 6.07) is 4.61. The van der Waals surface area contributed by atoms with Crippen LogP contribution in [0.5, 0.6) is 0 Å². The van der Waals surface area contributed by atoms with E-state index < -0.39 is 4.92 Å². The van der Waals surface area contributed by atoms with Crippen molar-refractivity contribution in [3.8, 4) is 0 Å². The van der Waals surface area contributed by atoms with E-state index in [4.69, 9.17) is 17.4 Å². The number of nitro benzene ring substituents is 1. The molecule has 0 bridgehead atoms. The van der Waals surface area contributed by atoms with Crippen LogP contribution in [-0.2, 0) is 5.88 Å². The SMILES string of the molecule is NNc1c(CCl)cccc1[N+](=O)[O-]. The van der Waals surface area contributed by atoms with Crippen molar-refractivity contribution in [3.05, 3.63) is 33.9 Å². The highest BCUT2D eigenvalue weighted by Gasteiger charge is 2.15. The number of benzene rings is 1. The van der Waals surface area contributed by atoms with E-state index in [0.717, 1.165) is 0 Å². The average molecular weight is 202 g/mol. The van der Waals surface area contributed by atoms with Gasteiger partial charge in [0.05, 0.1) is 4.92 Å². The van der Waals surface area contributed by atoms with Crippen LogP contribution in [-0.4, -0.2) is 4.92 Å². The van der Waals surface area contributed by atoms with Crippen LogP contribution in [0.4, 0.5) is 11.4 Å². The Kier molecular flexibility index (Phi) is 3.05. The second-order valence-corrected chi connectivity index (χ2v) is 2.61. The molecular formula is C7H8ClN3O2. The van der Waals surface area contributed by atoms with Crippen LogP contribution in [0.2, 0.25) is 0 Å². The molecule has 0 aliphatic heterocycles. The zero-order valence-electron chi connectivity index (χ0n) is 6.66. The first-order chi connectivity index (χ1) is 6.20.